The molecule has 0 N–H and O–H groups in total. The molecular formula is C15H12F2. The van der Waals surface area contributed by atoms with Crippen LogP contribution in [0.25, 0.3) is 12.2 Å². The molecule has 0 aliphatic heterocycles. The smallest absolute Gasteiger partial charge is 0.133 e. The summed E-state index contributed by atoms with van der Waals surface area (Å²) in [5.74, 6) is -1.11. The standard InChI is InChI=1S/C15H12F2/c1-11-2-4-12(5-3-11)6-7-13-8-9-14(16)10-15(13)17/h2-10H,1H3/b7-6+. The molecule has 0 unspecified atom stereocenters. The highest BCUT2D eigenvalue weighted by Gasteiger charge is 1.99. The van der Waals surface area contributed by atoms with Crippen molar-refractivity contribution in [3.8, 4) is 0 Å². The van der Waals surface area contributed by atoms with Gasteiger partial charge in [0.25, 0.3) is 0 Å². The summed E-state index contributed by atoms with van der Waals surface area (Å²) in [6, 6.07) is 11.4. The molecule has 0 amide bonds. The van der Waals surface area contributed by atoms with E-state index in [0.717, 1.165) is 11.6 Å². The maximum absolute atomic E-state index is 13.3. The van der Waals surface area contributed by atoms with Gasteiger partial charge in [0.05, 0.1) is 0 Å². The molecule has 0 radical (unpaired) electrons. The first-order valence-electron chi connectivity index (χ1n) is 5.35. The summed E-state index contributed by atoms with van der Waals surface area (Å²) in [5.41, 5.74) is 2.54. The number of hydrogen-bond donors (Lipinski definition) is 0. The fraction of sp³-hybridized carbons (Fsp3) is 0.0667. The molecule has 0 saturated carbocycles. The molecular weight excluding hydrogens is 218 g/mol. The Bertz CT molecular complexity index is 539. The van der Waals surface area contributed by atoms with Gasteiger partial charge in [-0.3, -0.25) is 0 Å². The number of halogens is 2. The molecule has 86 valence electrons. The summed E-state index contributed by atoms with van der Waals surface area (Å²) >= 11 is 0. The van der Waals surface area contributed by atoms with Crippen molar-refractivity contribution in [3.63, 3.8) is 0 Å². The zero-order valence-corrected chi connectivity index (χ0v) is 9.45. The van der Waals surface area contributed by atoms with Crippen LogP contribution in [0.2, 0.25) is 0 Å². The van der Waals surface area contributed by atoms with Crippen molar-refractivity contribution >= 4 is 12.2 Å². The minimum Gasteiger partial charge on any atom is -0.207 e. The average Bonchev–Trinajstić information content (AvgIpc) is 2.30. The third kappa shape index (κ3) is 3.00. The van der Waals surface area contributed by atoms with E-state index in [9.17, 15) is 8.78 Å². The lowest BCUT2D eigenvalue weighted by Gasteiger charge is -1.98. The molecule has 0 saturated heterocycles. The first-order chi connectivity index (χ1) is 8.15. The Morgan fingerprint density at radius 2 is 1.59 bits per heavy atom. The predicted octanol–water partition coefficient (Wildman–Crippen LogP) is 4.44. The molecule has 0 heterocycles. The van der Waals surface area contributed by atoms with Gasteiger partial charge in [0.1, 0.15) is 11.6 Å². The fourth-order valence-electron chi connectivity index (χ4n) is 1.50. The minimum absolute atomic E-state index is 0.381. The van der Waals surface area contributed by atoms with E-state index in [0.29, 0.717) is 5.56 Å². The van der Waals surface area contributed by atoms with Crippen molar-refractivity contribution in [3.05, 3.63) is 70.8 Å². The van der Waals surface area contributed by atoms with Gasteiger partial charge in [-0.1, -0.05) is 42.0 Å². The molecule has 17 heavy (non-hydrogen) atoms. The van der Waals surface area contributed by atoms with E-state index in [1.165, 1.54) is 17.7 Å². The highest BCUT2D eigenvalue weighted by molar-refractivity contribution is 5.69. The monoisotopic (exact) mass is 230 g/mol. The molecule has 0 aliphatic rings. The van der Waals surface area contributed by atoms with E-state index in [1.807, 2.05) is 31.2 Å². The van der Waals surface area contributed by atoms with Gasteiger partial charge in [-0.2, -0.15) is 0 Å². The third-order valence-electron chi connectivity index (χ3n) is 2.50. The van der Waals surface area contributed by atoms with Crippen LogP contribution in [0.4, 0.5) is 8.78 Å². The molecule has 0 aliphatic carbocycles. The summed E-state index contributed by atoms with van der Waals surface area (Å²) < 4.78 is 26.0. The van der Waals surface area contributed by atoms with Crippen LogP contribution in [0.3, 0.4) is 0 Å². The largest absolute Gasteiger partial charge is 0.207 e. The first-order valence-corrected chi connectivity index (χ1v) is 5.35. The Balaban J connectivity index is 2.23. The Kier molecular flexibility index (Phi) is 3.33. The maximum atomic E-state index is 13.3. The molecule has 2 heteroatoms. The van der Waals surface area contributed by atoms with Crippen LogP contribution in [0.1, 0.15) is 16.7 Å². The summed E-state index contributed by atoms with van der Waals surface area (Å²) in [7, 11) is 0. The van der Waals surface area contributed by atoms with Gasteiger partial charge in [-0.25, -0.2) is 8.78 Å². The van der Waals surface area contributed by atoms with Crippen molar-refractivity contribution in [1.82, 2.24) is 0 Å². The lowest BCUT2D eigenvalue weighted by molar-refractivity contribution is 0.581. The molecule has 0 atom stereocenters. The van der Waals surface area contributed by atoms with Crippen LogP contribution in [-0.4, -0.2) is 0 Å². The van der Waals surface area contributed by atoms with E-state index in [4.69, 9.17) is 0 Å². The zero-order valence-electron chi connectivity index (χ0n) is 9.45. The van der Waals surface area contributed by atoms with Crippen molar-refractivity contribution in [2.24, 2.45) is 0 Å². The molecule has 2 aromatic rings. The predicted molar refractivity (Wildman–Crippen MR) is 66.5 cm³/mol. The second-order valence-electron chi connectivity index (χ2n) is 3.91. The van der Waals surface area contributed by atoms with Crippen LogP contribution in [-0.2, 0) is 0 Å². The second kappa shape index (κ2) is 4.91. The van der Waals surface area contributed by atoms with Gasteiger partial charge in [-0.05, 0) is 24.6 Å². The van der Waals surface area contributed by atoms with Crippen LogP contribution in [0.5, 0.6) is 0 Å². The van der Waals surface area contributed by atoms with E-state index in [1.54, 1.807) is 12.2 Å². The fourth-order valence-corrected chi connectivity index (χ4v) is 1.50. The van der Waals surface area contributed by atoms with E-state index in [-0.39, 0.29) is 0 Å². The molecule has 0 nitrogen and oxygen atoms in total. The second-order valence-corrected chi connectivity index (χ2v) is 3.91. The van der Waals surface area contributed by atoms with Gasteiger partial charge in [0.2, 0.25) is 0 Å². The Labute approximate surface area is 99.2 Å². The zero-order chi connectivity index (χ0) is 12.3. The molecule has 0 fully saturated rings. The topological polar surface area (TPSA) is 0 Å². The third-order valence-corrected chi connectivity index (χ3v) is 2.50. The van der Waals surface area contributed by atoms with Gasteiger partial charge in [-0.15, -0.1) is 0 Å². The van der Waals surface area contributed by atoms with Crippen molar-refractivity contribution < 1.29 is 8.78 Å². The van der Waals surface area contributed by atoms with Crippen molar-refractivity contribution in [2.75, 3.05) is 0 Å². The van der Waals surface area contributed by atoms with Crippen LogP contribution < -0.4 is 0 Å². The van der Waals surface area contributed by atoms with Gasteiger partial charge in [0.15, 0.2) is 0 Å². The number of aryl methyl sites for hydroxylation is 1. The Morgan fingerprint density at radius 1 is 0.882 bits per heavy atom. The summed E-state index contributed by atoms with van der Waals surface area (Å²) in [5, 5.41) is 0. The Hall–Kier alpha value is -1.96. The van der Waals surface area contributed by atoms with Gasteiger partial charge in [0, 0.05) is 11.6 Å². The molecule has 2 rings (SSSR count). The summed E-state index contributed by atoms with van der Waals surface area (Å²) in [6.45, 7) is 2.01. The van der Waals surface area contributed by atoms with Crippen molar-refractivity contribution in [1.29, 1.82) is 0 Å². The number of benzene rings is 2. The lowest BCUT2D eigenvalue weighted by atomic mass is 10.1. The van der Waals surface area contributed by atoms with Gasteiger partial charge < -0.3 is 0 Å². The van der Waals surface area contributed by atoms with Gasteiger partial charge >= 0.3 is 0 Å². The van der Waals surface area contributed by atoms with Crippen LogP contribution in [0, 0.1) is 18.6 Å². The lowest BCUT2D eigenvalue weighted by Crippen LogP contribution is -1.83. The molecule has 0 bridgehead atoms. The summed E-state index contributed by atoms with van der Waals surface area (Å²) in [6.07, 6.45) is 3.44. The highest BCUT2D eigenvalue weighted by atomic mass is 19.1. The highest BCUT2D eigenvalue weighted by Crippen LogP contribution is 2.13. The van der Waals surface area contributed by atoms with Crippen LogP contribution >= 0.6 is 0 Å². The Morgan fingerprint density at radius 3 is 2.24 bits per heavy atom. The normalized spacial score (nSPS) is 11.0. The number of rotatable bonds is 2. The quantitative estimate of drug-likeness (QED) is 0.669. The average molecular weight is 230 g/mol. The first kappa shape index (κ1) is 11.5. The molecule has 2 aromatic carbocycles. The van der Waals surface area contributed by atoms with E-state index in [2.05, 4.69) is 0 Å². The number of hydrogen-bond acceptors (Lipinski definition) is 0. The van der Waals surface area contributed by atoms with Crippen LogP contribution in [0.15, 0.2) is 42.5 Å². The molecule has 0 aromatic heterocycles. The van der Waals surface area contributed by atoms with E-state index < -0.39 is 11.6 Å². The maximum Gasteiger partial charge on any atom is 0.133 e. The SMILES string of the molecule is Cc1ccc(/C=C/c2ccc(F)cc2F)cc1. The van der Waals surface area contributed by atoms with Crippen molar-refractivity contribution in [2.45, 2.75) is 6.92 Å². The van der Waals surface area contributed by atoms with E-state index >= 15 is 0 Å². The molecule has 0 spiro atoms. The minimum atomic E-state index is -0.560. The summed E-state index contributed by atoms with van der Waals surface area (Å²) in [4.78, 5) is 0.